The van der Waals surface area contributed by atoms with Gasteiger partial charge in [0.15, 0.2) is 0 Å². The largest absolute Gasteiger partial charge is 0.481 e. The van der Waals surface area contributed by atoms with E-state index in [0.29, 0.717) is 6.54 Å². The van der Waals surface area contributed by atoms with Crippen LogP contribution in [0.1, 0.15) is 28.3 Å². The molecule has 2 aromatic rings. The molecule has 2 N–H and O–H groups in total. The van der Waals surface area contributed by atoms with E-state index < -0.39 is 17.6 Å². The van der Waals surface area contributed by atoms with Crippen molar-refractivity contribution in [3.63, 3.8) is 0 Å². The molecule has 0 saturated heterocycles. The molecule has 0 saturated carbocycles. The summed E-state index contributed by atoms with van der Waals surface area (Å²) in [6, 6.07) is 6.64. The van der Waals surface area contributed by atoms with Gasteiger partial charge >= 0.3 is 5.97 Å². The fraction of sp³-hybridized carbons (Fsp3) is 0.267. The summed E-state index contributed by atoms with van der Waals surface area (Å²) in [5, 5.41) is 11.8. The van der Waals surface area contributed by atoms with E-state index in [1.807, 2.05) is 6.07 Å². The Balaban J connectivity index is 1.97. The summed E-state index contributed by atoms with van der Waals surface area (Å²) in [5.41, 5.74) is 0.275. The highest BCUT2D eigenvalue weighted by Gasteiger charge is 2.12. The number of carbonyl (C=O) groups is 1. The van der Waals surface area contributed by atoms with Gasteiger partial charge in [0.1, 0.15) is 11.6 Å². The number of hydrogen-bond acceptors (Lipinski definition) is 3. The predicted octanol–water partition coefficient (Wildman–Crippen LogP) is 3.50. The molecule has 0 radical (unpaired) electrons. The van der Waals surface area contributed by atoms with Gasteiger partial charge in [-0.25, -0.2) is 8.78 Å². The molecule has 3 nitrogen and oxygen atoms in total. The molecule has 2 rings (SSSR count). The molecule has 0 aliphatic heterocycles. The van der Waals surface area contributed by atoms with Gasteiger partial charge in [-0.15, -0.1) is 11.3 Å². The Morgan fingerprint density at radius 1 is 1.29 bits per heavy atom. The van der Waals surface area contributed by atoms with Crippen molar-refractivity contribution in [3.8, 4) is 0 Å². The molecule has 1 unspecified atom stereocenters. The summed E-state index contributed by atoms with van der Waals surface area (Å²) in [6.45, 7) is 2.23. The molecule has 0 fully saturated rings. The molecule has 0 aliphatic rings. The van der Waals surface area contributed by atoms with Crippen molar-refractivity contribution in [2.75, 3.05) is 0 Å². The molecule has 0 aliphatic carbocycles. The normalized spacial score (nSPS) is 12.3. The first kappa shape index (κ1) is 15.6. The minimum Gasteiger partial charge on any atom is -0.481 e. The lowest BCUT2D eigenvalue weighted by atomic mass is 10.1. The van der Waals surface area contributed by atoms with E-state index in [1.54, 1.807) is 13.0 Å². The van der Waals surface area contributed by atoms with Crippen LogP contribution in [0.5, 0.6) is 0 Å². The molecule has 1 aromatic carbocycles. The number of carboxylic acid groups (broad SMARTS) is 1. The number of halogens is 2. The number of hydrogen-bond donors (Lipinski definition) is 2. The minimum atomic E-state index is -0.869. The molecule has 0 amide bonds. The Morgan fingerprint density at radius 3 is 2.71 bits per heavy atom. The van der Waals surface area contributed by atoms with Crippen LogP contribution in [0.2, 0.25) is 0 Å². The number of benzene rings is 1. The highest BCUT2D eigenvalue weighted by Crippen LogP contribution is 2.21. The van der Waals surface area contributed by atoms with Gasteiger partial charge in [0, 0.05) is 27.9 Å². The summed E-state index contributed by atoms with van der Waals surface area (Å²) < 4.78 is 26.8. The maximum Gasteiger partial charge on any atom is 0.308 e. The van der Waals surface area contributed by atoms with Crippen LogP contribution < -0.4 is 5.32 Å². The maximum absolute atomic E-state index is 13.6. The van der Waals surface area contributed by atoms with Crippen LogP contribution >= 0.6 is 11.3 Å². The fourth-order valence-corrected chi connectivity index (χ4v) is 2.93. The van der Waals surface area contributed by atoms with Crippen molar-refractivity contribution in [3.05, 3.63) is 57.3 Å². The number of carboxylic acids is 1. The molecule has 6 heteroatoms. The highest BCUT2D eigenvalue weighted by molar-refractivity contribution is 7.12. The lowest BCUT2D eigenvalue weighted by molar-refractivity contribution is -0.136. The lowest BCUT2D eigenvalue weighted by Gasteiger charge is -2.14. The van der Waals surface area contributed by atoms with Crippen LogP contribution in [0.3, 0.4) is 0 Å². The molecule has 0 spiro atoms. The second kappa shape index (κ2) is 6.78. The van der Waals surface area contributed by atoms with Gasteiger partial charge in [-0.2, -0.15) is 0 Å². The zero-order valence-electron chi connectivity index (χ0n) is 11.4. The second-order valence-corrected chi connectivity index (χ2v) is 5.96. The molecular weight excluding hydrogens is 296 g/mol. The lowest BCUT2D eigenvalue weighted by Crippen LogP contribution is -2.18. The summed E-state index contributed by atoms with van der Waals surface area (Å²) in [7, 11) is 0. The molecular formula is C15H15F2NO2S. The van der Waals surface area contributed by atoms with Crippen molar-refractivity contribution in [2.24, 2.45) is 0 Å². The summed E-state index contributed by atoms with van der Waals surface area (Å²) in [5.74, 6) is -1.79. The molecule has 1 aromatic heterocycles. The molecule has 1 heterocycles. The SMILES string of the molecule is CC(NCc1ccc(CC(=O)O)s1)c1cc(F)ccc1F. The van der Waals surface area contributed by atoms with Crippen molar-refractivity contribution in [1.29, 1.82) is 0 Å². The third kappa shape index (κ3) is 4.34. The van der Waals surface area contributed by atoms with Crippen LogP contribution in [0.25, 0.3) is 0 Å². The van der Waals surface area contributed by atoms with Crippen molar-refractivity contribution in [1.82, 2.24) is 5.32 Å². The summed E-state index contributed by atoms with van der Waals surface area (Å²) in [6.07, 6.45) is -0.00125. The number of nitrogens with one attached hydrogen (secondary N) is 1. The van der Waals surface area contributed by atoms with Crippen molar-refractivity contribution >= 4 is 17.3 Å². The highest BCUT2D eigenvalue weighted by atomic mass is 32.1. The minimum absolute atomic E-state index is 0.00125. The van der Waals surface area contributed by atoms with Crippen LogP contribution in [-0.4, -0.2) is 11.1 Å². The molecule has 1 atom stereocenters. The van der Waals surface area contributed by atoms with Crippen LogP contribution in [0.4, 0.5) is 8.78 Å². The molecule has 21 heavy (non-hydrogen) atoms. The summed E-state index contributed by atoms with van der Waals surface area (Å²) in [4.78, 5) is 12.3. The standard InChI is InChI=1S/C15H15F2NO2S/c1-9(13-6-10(16)2-5-14(13)17)18-8-12-4-3-11(21-12)7-15(19)20/h2-6,9,18H,7-8H2,1H3,(H,19,20). The van der Waals surface area contributed by atoms with Crippen molar-refractivity contribution < 1.29 is 18.7 Å². The first-order valence-corrected chi connectivity index (χ1v) is 7.25. The van der Waals surface area contributed by atoms with E-state index >= 15 is 0 Å². The van der Waals surface area contributed by atoms with Gasteiger partial charge in [0.2, 0.25) is 0 Å². The van der Waals surface area contributed by atoms with E-state index in [2.05, 4.69) is 5.32 Å². The van der Waals surface area contributed by atoms with Gasteiger partial charge in [0.05, 0.1) is 6.42 Å². The summed E-state index contributed by atoms with van der Waals surface area (Å²) >= 11 is 1.39. The zero-order valence-corrected chi connectivity index (χ0v) is 12.2. The average molecular weight is 311 g/mol. The third-order valence-electron chi connectivity index (χ3n) is 3.05. The van der Waals surface area contributed by atoms with Crippen LogP contribution in [0.15, 0.2) is 30.3 Å². The topological polar surface area (TPSA) is 49.3 Å². The average Bonchev–Trinajstić information content (AvgIpc) is 2.85. The monoisotopic (exact) mass is 311 g/mol. The molecule has 112 valence electrons. The maximum atomic E-state index is 13.6. The van der Waals surface area contributed by atoms with Crippen molar-refractivity contribution in [2.45, 2.75) is 25.9 Å². The van der Waals surface area contributed by atoms with Gasteiger partial charge < -0.3 is 10.4 Å². The number of aliphatic carboxylic acids is 1. The Hall–Kier alpha value is -1.79. The quantitative estimate of drug-likeness (QED) is 0.858. The van der Waals surface area contributed by atoms with E-state index in [4.69, 9.17) is 5.11 Å². The van der Waals surface area contributed by atoms with Gasteiger partial charge in [0.25, 0.3) is 0 Å². The Labute approximate surface area is 125 Å². The second-order valence-electron chi connectivity index (χ2n) is 4.71. The fourth-order valence-electron chi connectivity index (χ4n) is 1.97. The Morgan fingerprint density at radius 2 is 2.00 bits per heavy atom. The number of rotatable bonds is 6. The Kier molecular flexibility index (Phi) is 5.03. The van der Waals surface area contributed by atoms with E-state index in [9.17, 15) is 13.6 Å². The van der Waals surface area contributed by atoms with Crippen LogP contribution in [-0.2, 0) is 17.8 Å². The van der Waals surface area contributed by atoms with Crippen LogP contribution in [0, 0.1) is 11.6 Å². The van der Waals surface area contributed by atoms with Gasteiger partial charge in [-0.05, 0) is 37.3 Å². The van der Waals surface area contributed by atoms with E-state index in [-0.39, 0.29) is 18.0 Å². The van der Waals surface area contributed by atoms with Gasteiger partial charge in [-0.1, -0.05) is 0 Å². The first-order chi connectivity index (χ1) is 9.95. The zero-order chi connectivity index (χ0) is 15.4. The smallest absolute Gasteiger partial charge is 0.308 e. The van der Waals surface area contributed by atoms with Gasteiger partial charge in [-0.3, -0.25) is 4.79 Å². The van der Waals surface area contributed by atoms with E-state index in [1.165, 1.54) is 17.4 Å². The first-order valence-electron chi connectivity index (χ1n) is 6.43. The Bertz CT molecular complexity index is 642. The molecule has 0 bridgehead atoms. The van der Waals surface area contributed by atoms with E-state index in [0.717, 1.165) is 21.9 Å². The number of thiophene rings is 1. The predicted molar refractivity (Wildman–Crippen MR) is 77.3 cm³/mol. The third-order valence-corrected chi connectivity index (χ3v) is 4.14.